The summed E-state index contributed by atoms with van der Waals surface area (Å²) in [6.07, 6.45) is 0. The standard InChI is InChI=1S/C23H30N4O4S/c1-23(2,24)21-14-22(25-26(21)3)32(28,29)27(15-17-6-10-19(30-4)11-7-17)16-18-8-12-20(31-5)13-9-18/h6-14H,15-16,24H2,1-5H3. The van der Waals surface area contributed by atoms with Crippen LogP contribution < -0.4 is 15.2 Å². The lowest BCUT2D eigenvalue weighted by molar-refractivity contribution is 0.395. The second-order valence-electron chi connectivity index (χ2n) is 8.18. The second kappa shape index (κ2) is 9.32. The lowest BCUT2D eigenvalue weighted by atomic mass is 10.0. The van der Waals surface area contributed by atoms with E-state index in [-0.39, 0.29) is 18.1 Å². The Morgan fingerprint density at radius 3 is 1.72 bits per heavy atom. The van der Waals surface area contributed by atoms with Gasteiger partial charge in [-0.2, -0.15) is 9.40 Å². The fourth-order valence-corrected chi connectivity index (χ4v) is 4.79. The summed E-state index contributed by atoms with van der Waals surface area (Å²) in [5.41, 5.74) is 7.76. The molecule has 0 radical (unpaired) electrons. The van der Waals surface area contributed by atoms with Crippen molar-refractivity contribution in [3.05, 3.63) is 71.4 Å². The van der Waals surface area contributed by atoms with E-state index in [1.54, 1.807) is 27.3 Å². The third-order valence-electron chi connectivity index (χ3n) is 5.16. The quantitative estimate of drug-likeness (QED) is 0.529. The first kappa shape index (κ1) is 23.8. The van der Waals surface area contributed by atoms with Gasteiger partial charge in [0.1, 0.15) is 11.5 Å². The summed E-state index contributed by atoms with van der Waals surface area (Å²) >= 11 is 0. The first-order valence-corrected chi connectivity index (χ1v) is 11.6. The highest BCUT2D eigenvalue weighted by molar-refractivity contribution is 7.89. The maximum absolute atomic E-state index is 13.6. The molecule has 0 aliphatic carbocycles. The van der Waals surface area contributed by atoms with E-state index in [0.29, 0.717) is 17.2 Å². The number of nitrogens with zero attached hydrogens (tertiary/aromatic N) is 3. The van der Waals surface area contributed by atoms with E-state index >= 15 is 0 Å². The maximum Gasteiger partial charge on any atom is 0.263 e. The van der Waals surface area contributed by atoms with Crippen molar-refractivity contribution in [1.29, 1.82) is 0 Å². The smallest absolute Gasteiger partial charge is 0.263 e. The highest BCUT2D eigenvalue weighted by atomic mass is 32.2. The van der Waals surface area contributed by atoms with E-state index in [0.717, 1.165) is 11.1 Å². The zero-order valence-electron chi connectivity index (χ0n) is 19.1. The van der Waals surface area contributed by atoms with Crippen molar-refractivity contribution in [3.8, 4) is 11.5 Å². The van der Waals surface area contributed by atoms with E-state index in [1.165, 1.54) is 8.99 Å². The minimum atomic E-state index is -3.91. The van der Waals surface area contributed by atoms with Crippen molar-refractivity contribution in [2.24, 2.45) is 12.8 Å². The fraction of sp³-hybridized carbons (Fsp3) is 0.348. The predicted molar refractivity (Wildman–Crippen MR) is 123 cm³/mol. The Labute approximate surface area is 189 Å². The number of benzene rings is 2. The maximum atomic E-state index is 13.6. The number of hydrogen-bond acceptors (Lipinski definition) is 6. The van der Waals surface area contributed by atoms with Crippen LogP contribution in [0.4, 0.5) is 0 Å². The zero-order chi connectivity index (χ0) is 23.5. The third kappa shape index (κ3) is 5.29. The van der Waals surface area contributed by atoms with Crippen LogP contribution in [-0.4, -0.2) is 36.7 Å². The first-order chi connectivity index (χ1) is 15.0. The van der Waals surface area contributed by atoms with Crippen LogP contribution >= 0.6 is 0 Å². The normalized spacial score (nSPS) is 12.2. The molecule has 0 aliphatic heterocycles. The van der Waals surface area contributed by atoms with E-state index in [9.17, 15) is 8.42 Å². The Bertz CT molecular complexity index is 1100. The summed E-state index contributed by atoms with van der Waals surface area (Å²) < 4.78 is 40.6. The predicted octanol–water partition coefficient (Wildman–Crippen LogP) is 3.02. The number of nitrogens with two attached hydrogens (primary N) is 1. The number of sulfonamides is 1. The van der Waals surface area contributed by atoms with E-state index in [4.69, 9.17) is 15.2 Å². The molecule has 0 saturated carbocycles. The molecule has 172 valence electrons. The summed E-state index contributed by atoms with van der Waals surface area (Å²) in [6, 6.07) is 16.2. The van der Waals surface area contributed by atoms with Crippen LogP contribution in [-0.2, 0) is 35.7 Å². The largest absolute Gasteiger partial charge is 0.497 e. The molecule has 0 aliphatic rings. The highest BCUT2D eigenvalue weighted by Gasteiger charge is 2.31. The van der Waals surface area contributed by atoms with E-state index < -0.39 is 15.6 Å². The Hall–Kier alpha value is -2.88. The number of aryl methyl sites for hydroxylation is 1. The molecular weight excluding hydrogens is 428 g/mol. The van der Waals surface area contributed by atoms with Crippen molar-refractivity contribution in [1.82, 2.24) is 14.1 Å². The number of aromatic nitrogens is 2. The van der Waals surface area contributed by atoms with Gasteiger partial charge >= 0.3 is 0 Å². The van der Waals surface area contributed by atoms with Crippen LogP contribution in [0.1, 0.15) is 30.7 Å². The molecule has 32 heavy (non-hydrogen) atoms. The van der Waals surface area contributed by atoms with Crippen LogP contribution in [0.3, 0.4) is 0 Å². The molecule has 0 amide bonds. The topological polar surface area (TPSA) is 99.7 Å². The minimum absolute atomic E-state index is 0.0319. The molecule has 0 spiro atoms. The van der Waals surface area contributed by atoms with Gasteiger partial charge in [-0.15, -0.1) is 0 Å². The molecule has 0 bridgehead atoms. The van der Waals surface area contributed by atoms with Crippen molar-refractivity contribution in [2.75, 3.05) is 14.2 Å². The second-order valence-corrected chi connectivity index (χ2v) is 10.1. The monoisotopic (exact) mass is 458 g/mol. The fourth-order valence-electron chi connectivity index (χ4n) is 3.40. The molecule has 0 atom stereocenters. The van der Waals surface area contributed by atoms with Gasteiger partial charge in [0.2, 0.25) is 0 Å². The lowest BCUT2D eigenvalue weighted by Gasteiger charge is -2.22. The van der Waals surface area contributed by atoms with Crippen molar-refractivity contribution < 1.29 is 17.9 Å². The molecule has 1 heterocycles. The average molecular weight is 459 g/mol. The van der Waals surface area contributed by atoms with Gasteiger partial charge in [-0.1, -0.05) is 24.3 Å². The van der Waals surface area contributed by atoms with Crippen LogP contribution in [0.15, 0.2) is 59.6 Å². The summed E-state index contributed by atoms with van der Waals surface area (Å²) in [4.78, 5) is 0. The lowest BCUT2D eigenvalue weighted by Crippen LogP contribution is -2.31. The SMILES string of the molecule is COc1ccc(CN(Cc2ccc(OC)cc2)S(=O)(=O)c2cc(C(C)(C)N)n(C)n2)cc1. The van der Waals surface area contributed by atoms with Gasteiger partial charge in [0.15, 0.2) is 5.03 Å². The molecule has 9 heteroatoms. The van der Waals surface area contributed by atoms with Gasteiger partial charge in [0.25, 0.3) is 10.0 Å². The molecule has 1 aromatic heterocycles. The number of methoxy groups -OCH3 is 2. The average Bonchev–Trinajstić information content (AvgIpc) is 3.17. The zero-order valence-corrected chi connectivity index (χ0v) is 19.9. The minimum Gasteiger partial charge on any atom is -0.497 e. The van der Waals surface area contributed by atoms with Gasteiger partial charge in [0.05, 0.1) is 25.5 Å². The van der Waals surface area contributed by atoms with E-state index in [2.05, 4.69) is 5.10 Å². The summed E-state index contributed by atoms with van der Waals surface area (Å²) in [5, 5.41) is 4.24. The van der Waals surface area contributed by atoms with Crippen LogP contribution in [0.5, 0.6) is 11.5 Å². The Morgan fingerprint density at radius 1 is 0.938 bits per heavy atom. The van der Waals surface area contributed by atoms with Crippen LogP contribution in [0.25, 0.3) is 0 Å². The number of hydrogen-bond donors (Lipinski definition) is 1. The molecule has 2 aromatic carbocycles. The molecular formula is C23H30N4O4S. The Balaban J connectivity index is 1.99. The van der Waals surface area contributed by atoms with Gasteiger partial charge < -0.3 is 15.2 Å². The van der Waals surface area contributed by atoms with Crippen molar-refractivity contribution in [2.45, 2.75) is 37.5 Å². The molecule has 0 fully saturated rings. The van der Waals surface area contributed by atoms with Crippen molar-refractivity contribution >= 4 is 10.0 Å². The third-order valence-corrected chi connectivity index (χ3v) is 6.82. The summed E-state index contributed by atoms with van der Waals surface area (Å²) in [5.74, 6) is 1.41. The highest BCUT2D eigenvalue weighted by Crippen LogP contribution is 2.25. The summed E-state index contributed by atoms with van der Waals surface area (Å²) in [7, 11) is 0.968. The summed E-state index contributed by atoms with van der Waals surface area (Å²) in [6.45, 7) is 3.98. The van der Waals surface area contributed by atoms with Crippen molar-refractivity contribution in [3.63, 3.8) is 0 Å². The molecule has 3 rings (SSSR count). The number of rotatable bonds is 9. The molecule has 3 aromatic rings. The Kier molecular flexibility index (Phi) is 6.92. The van der Waals surface area contributed by atoms with Gasteiger partial charge in [-0.25, -0.2) is 8.42 Å². The van der Waals surface area contributed by atoms with Gasteiger partial charge in [-0.3, -0.25) is 4.68 Å². The molecule has 2 N–H and O–H groups in total. The van der Waals surface area contributed by atoms with Gasteiger partial charge in [0, 0.05) is 26.2 Å². The Morgan fingerprint density at radius 2 is 1.38 bits per heavy atom. The van der Waals surface area contributed by atoms with Crippen LogP contribution in [0, 0.1) is 0 Å². The molecule has 0 unspecified atom stereocenters. The first-order valence-electron chi connectivity index (χ1n) is 10.1. The van der Waals surface area contributed by atoms with Crippen LogP contribution in [0.2, 0.25) is 0 Å². The molecule has 8 nitrogen and oxygen atoms in total. The molecule has 0 saturated heterocycles. The number of ether oxygens (including phenoxy) is 2. The van der Waals surface area contributed by atoms with E-state index in [1.807, 2.05) is 62.4 Å². The van der Waals surface area contributed by atoms with Gasteiger partial charge in [-0.05, 0) is 49.2 Å².